The van der Waals surface area contributed by atoms with Gasteiger partial charge in [0.25, 0.3) is 11.6 Å². The van der Waals surface area contributed by atoms with E-state index < -0.39 is 4.92 Å². The molecule has 1 saturated carbocycles. The van der Waals surface area contributed by atoms with Crippen LogP contribution in [0.1, 0.15) is 23.2 Å². The summed E-state index contributed by atoms with van der Waals surface area (Å²) in [6, 6.07) is 4.47. The van der Waals surface area contributed by atoms with Gasteiger partial charge in [-0.2, -0.15) is 0 Å². The van der Waals surface area contributed by atoms with Crippen molar-refractivity contribution in [1.82, 2.24) is 10.2 Å². The second-order valence-electron chi connectivity index (χ2n) is 4.89. The molecule has 0 spiro atoms. The average molecular weight is 298 g/mol. The molecule has 108 valence electrons. The molecule has 0 atom stereocenters. The lowest BCUT2D eigenvalue weighted by molar-refractivity contribution is -0.384. The number of hydrogen-bond acceptors (Lipinski definition) is 4. The molecule has 0 aromatic heterocycles. The molecule has 1 aromatic rings. The minimum absolute atomic E-state index is 0.134. The summed E-state index contributed by atoms with van der Waals surface area (Å²) in [5.41, 5.74) is -0.00964. The largest absolute Gasteiger partial charge is 0.351 e. The van der Waals surface area contributed by atoms with Gasteiger partial charge in [0, 0.05) is 31.3 Å². The quantitative estimate of drug-likeness (QED) is 0.644. The smallest absolute Gasteiger partial charge is 0.270 e. The van der Waals surface area contributed by atoms with Crippen LogP contribution in [0.25, 0.3) is 0 Å². The monoisotopic (exact) mass is 297 g/mol. The van der Waals surface area contributed by atoms with Gasteiger partial charge in [-0.1, -0.05) is 11.6 Å². The Hall–Kier alpha value is -1.66. The van der Waals surface area contributed by atoms with Crippen molar-refractivity contribution < 1.29 is 9.72 Å². The van der Waals surface area contributed by atoms with E-state index in [0.717, 1.165) is 6.54 Å². The Bertz CT molecular complexity index is 532. The number of nitro groups is 1. The van der Waals surface area contributed by atoms with E-state index in [4.69, 9.17) is 11.6 Å². The maximum atomic E-state index is 12.0. The molecule has 0 unspecified atom stereocenters. The van der Waals surface area contributed by atoms with Crippen LogP contribution in [0, 0.1) is 10.1 Å². The summed E-state index contributed by atoms with van der Waals surface area (Å²) in [5.74, 6) is -0.386. The van der Waals surface area contributed by atoms with Crippen molar-refractivity contribution in [1.29, 1.82) is 0 Å². The van der Waals surface area contributed by atoms with E-state index >= 15 is 0 Å². The predicted molar refractivity (Wildman–Crippen MR) is 76.1 cm³/mol. The van der Waals surface area contributed by atoms with Gasteiger partial charge >= 0.3 is 0 Å². The first kappa shape index (κ1) is 14.7. The van der Waals surface area contributed by atoms with Crippen molar-refractivity contribution in [2.24, 2.45) is 0 Å². The number of nitrogens with one attached hydrogen (secondary N) is 1. The molecule has 2 rings (SSSR count). The number of rotatable bonds is 6. The normalized spacial score (nSPS) is 14.3. The molecule has 1 aliphatic rings. The highest BCUT2D eigenvalue weighted by molar-refractivity contribution is 6.33. The first-order valence-corrected chi connectivity index (χ1v) is 6.79. The predicted octanol–water partition coefficient (Wildman–Crippen LogP) is 2.07. The zero-order valence-corrected chi connectivity index (χ0v) is 11.9. The van der Waals surface area contributed by atoms with Crippen LogP contribution in [-0.2, 0) is 0 Å². The maximum Gasteiger partial charge on any atom is 0.270 e. The fourth-order valence-corrected chi connectivity index (χ4v) is 2.14. The molecule has 0 saturated heterocycles. The van der Waals surface area contributed by atoms with Crippen LogP contribution >= 0.6 is 11.6 Å². The fourth-order valence-electron chi connectivity index (χ4n) is 1.94. The van der Waals surface area contributed by atoms with E-state index in [1.165, 1.54) is 31.0 Å². The zero-order chi connectivity index (χ0) is 14.7. The molecule has 1 fully saturated rings. The van der Waals surface area contributed by atoms with Crippen molar-refractivity contribution >= 4 is 23.2 Å². The van der Waals surface area contributed by atoms with Gasteiger partial charge in [-0.3, -0.25) is 14.9 Å². The zero-order valence-electron chi connectivity index (χ0n) is 11.1. The summed E-state index contributed by atoms with van der Waals surface area (Å²) >= 11 is 5.90. The summed E-state index contributed by atoms with van der Waals surface area (Å²) in [7, 11) is 2.02. The number of carbonyl (C=O) groups is 1. The third-order valence-corrected chi connectivity index (χ3v) is 3.66. The molecular weight excluding hydrogens is 282 g/mol. The van der Waals surface area contributed by atoms with Crippen LogP contribution in [0.4, 0.5) is 5.69 Å². The summed E-state index contributed by atoms with van der Waals surface area (Å²) < 4.78 is 0. The van der Waals surface area contributed by atoms with Crippen LogP contribution in [0.3, 0.4) is 0 Å². The van der Waals surface area contributed by atoms with Gasteiger partial charge in [0.2, 0.25) is 0 Å². The third-order valence-electron chi connectivity index (χ3n) is 3.33. The Balaban J connectivity index is 1.93. The van der Waals surface area contributed by atoms with Crippen LogP contribution in [0.15, 0.2) is 18.2 Å². The molecule has 20 heavy (non-hydrogen) atoms. The molecule has 7 heteroatoms. The molecular formula is C13H16ClN3O3. The number of carbonyl (C=O) groups excluding carboxylic acids is 1. The molecule has 0 bridgehead atoms. The SMILES string of the molecule is CN(CCNC(=O)c1cc([N+](=O)[O-])ccc1Cl)C1CC1. The van der Waals surface area contributed by atoms with Crippen LogP contribution in [0.2, 0.25) is 5.02 Å². The molecule has 0 radical (unpaired) electrons. The number of nitro benzene ring substituents is 1. The second-order valence-corrected chi connectivity index (χ2v) is 5.30. The van der Waals surface area contributed by atoms with Gasteiger partial charge in [-0.05, 0) is 26.0 Å². The van der Waals surface area contributed by atoms with E-state index in [1.807, 2.05) is 7.05 Å². The minimum Gasteiger partial charge on any atom is -0.351 e. The molecule has 1 N–H and O–H groups in total. The van der Waals surface area contributed by atoms with E-state index in [9.17, 15) is 14.9 Å². The summed E-state index contributed by atoms with van der Waals surface area (Å²) in [6.07, 6.45) is 2.42. The first-order chi connectivity index (χ1) is 9.49. The Morgan fingerprint density at radius 3 is 2.85 bits per heavy atom. The third kappa shape index (κ3) is 3.68. The van der Waals surface area contributed by atoms with Crippen LogP contribution < -0.4 is 5.32 Å². The second kappa shape index (κ2) is 6.19. The van der Waals surface area contributed by atoms with Gasteiger partial charge in [0.05, 0.1) is 15.5 Å². The lowest BCUT2D eigenvalue weighted by Gasteiger charge is -2.15. The summed E-state index contributed by atoms with van der Waals surface area (Å²) in [6.45, 7) is 1.24. The van der Waals surface area contributed by atoms with Crippen molar-refractivity contribution in [2.45, 2.75) is 18.9 Å². The molecule has 0 heterocycles. The first-order valence-electron chi connectivity index (χ1n) is 6.41. The van der Waals surface area contributed by atoms with Crippen LogP contribution in [0.5, 0.6) is 0 Å². The summed E-state index contributed by atoms with van der Waals surface area (Å²) in [5, 5.41) is 13.6. The van der Waals surface area contributed by atoms with Crippen molar-refractivity contribution in [2.75, 3.05) is 20.1 Å². The van der Waals surface area contributed by atoms with E-state index in [-0.39, 0.29) is 22.2 Å². The number of benzene rings is 1. The standard InChI is InChI=1S/C13H16ClN3O3/c1-16(9-2-3-9)7-6-15-13(18)11-8-10(17(19)20)4-5-12(11)14/h4-5,8-9H,2-3,6-7H2,1H3,(H,15,18). The van der Waals surface area contributed by atoms with Crippen LogP contribution in [-0.4, -0.2) is 41.9 Å². The maximum absolute atomic E-state index is 12.0. The van der Waals surface area contributed by atoms with Crippen molar-refractivity contribution in [3.63, 3.8) is 0 Å². The van der Waals surface area contributed by atoms with Gasteiger partial charge < -0.3 is 10.2 Å². The average Bonchev–Trinajstić information content (AvgIpc) is 3.22. The molecule has 1 aliphatic carbocycles. The highest BCUT2D eigenvalue weighted by Gasteiger charge is 2.25. The number of amides is 1. The van der Waals surface area contributed by atoms with Crippen molar-refractivity contribution in [3.05, 3.63) is 38.9 Å². The van der Waals surface area contributed by atoms with Gasteiger partial charge in [-0.25, -0.2) is 0 Å². The lowest BCUT2D eigenvalue weighted by atomic mass is 10.2. The molecule has 0 aliphatic heterocycles. The molecule has 1 aromatic carbocycles. The fraction of sp³-hybridized carbons (Fsp3) is 0.462. The highest BCUT2D eigenvalue weighted by atomic mass is 35.5. The number of non-ortho nitro benzene ring substituents is 1. The lowest BCUT2D eigenvalue weighted by Crippen LogP contribution is -2.34. The topological polar surface area (TPSA) is 75.5 Å². The van der Waals surface area contributed by atoms with Gasteiger partial charge in [0.15, 0.2) is 0 Å². The van der Waals surface area contributed by atoms with E-state index in [1.54, 1.807) is 0 Å². The Kier molecular flexibility index (Phi) is 4.57. The molecule has 1 amide bonds. The summed E-state index contributed by atoms with van der Waals surface area (Å²) in [4.78, 5) is 24.3. The molecule has 6 nitrogen and oxygen atoms in total. The number of hydrogen-bond donors (Lipinski definition) is 1. The number of likely N-dealkylation sites (N-methyl/N-ethyl adjacent to an activating group) is 1. The Morgan fingerprint density at radius 1 is 1.55 bits per heavy atom. The van der Waals surface area contributed by atoms with Gasteiger partial charge in [-0.15, -0.1) is 0 Å². The number of nitrogens with zero attached hydrogens (tertiary/aromatic N) is 2. The highest BCUT2D eigenvalue weighted by Crippen LogP contribution is 2.25. The van der Waals surface area contributed by atoms with E-state index in [0.29, 0.717) is 12.6 Å². The van der Waals surface area contributed by atoms with E-state index in [2.05, 4.69) is 10.2 Å². The van der Waals surface area contributed by atoms with Crippen molar-refractivity contribution in [3.8, 4) is 0 Å². The Morgan fingerprint density at radius 2 is 2.25 bits per heavy atom. The van der Waals surface area contributed by atoms with Gasteiger partial charge in [0.1, 0.15) is 0 Å². The minimum atomic E-state index is -0.548. The Labute approximate surface area is 121 Å². The number of halogens is 1.